The molecule has 0 amide bonds. The van der Waals surface area contributed by atoms with Gasteiger partial charge in [0, 0.05) is 24.8 Å². The third-order valence-corrected chi connectivity index (χ3v) is 3.18. The summed E-state index contributed by atoms with van der Waals surface area (Å²) in [7, 11) is 3.16. The van der Waals surface area contributed by atoms with Crippen LogP contribution in [-0.2, 0) is 13.1 Å². The highest BCUT2D eigenvalue weighted by Crippen LogP contribution is 2.37. The number of ether oxygens (including phenoxy) is 2. The fourth-order valence-electron chi connectivity index (χ4n) is 1.78. The zero-order valence-corrected chi connectivity index (χ0v) is 11.6. The number of nitrogens with zero attached hydrogens (tertiary/aromatic N) is 1. The minimum absolute atomic E-state index is 0.562. The summed E-state index contributed by atoms with van der Waals surface area (Å²) in [5.74, 6) is 1.19. The van der Waals surface area contributed by atoms with Gasteiger partial charge in [0.25, 0.3) is 0 Å². The Balaban J connectivity index is 2.04. The van der Waals surface area contributed by atoms with Crippen LogP contribution in [0.1, 0.15) is 11.1 Å². The van der Waals surface area contributed by atoms with Crippen LogP contribution in [0.4, 0.5) is 0 Å². The summed E-state index contributed by atoms with van der Waals surface area (Å²) in [5, 5.41) is 10.5. The molecule has 2 N–H and O–H groups in total. The Morgan fingerprint density at radius 2 is 2.11 bits per heavy atom. The fourth-order valence-corrected chi connectivity index (χ4v) is 2.08. The van der Waals surface area contributed by atoms with Crippen molar-refractivity contribution < 1.29 is 9.47 Å². The number of benzene rings is 1. The first-order valence-electron chi connectivity index (χ1n) is 5.84. The minimum Gasteiger partial charge on any atom is -0.493 e. The standard InChI is InChI=1S/C13H16ClN3O2/c1-18-11-4-3-10(12(14)13(11)19-2)8-15-5-9-6-16-17-7-9/h3-4,6-7,15H,5,8H2,1-2H3,(H,16,17). The van der Waals surface area contributed by atoms with Crippen LogP contribution < -0.4 is 14.8 Å². The van der Waals surface area contributed by atoms with E-state index < -0.39 is 0 Å². The van der Waals surface area contributed by atoms with Gasteiger partial charge in [-0.25, -0.2) is 0 Å². The fraction of sp³-hybridized carbons (Fsp3) is 0.308. The van der Waals surface area contributed by atoms with Gasteiger partial charge in [-0.2, -0.15) is 5.10 Å². The van der Waals surface area contributed by atoms with Gasteiger partial charge in [-0.05, 0) is 11.6 Å². The first-order valence-corrected chi connectivity index (χ1v) is 6.21. The third-order valence-electron chi connectivity index (χ3n) is 2.76. The van der Waals surface area contributed by atoms with Crippen LogP contribution in [0.5, 0.6) is 11.5 Å². The number of aromatic amines is 1. The average molecular weight is 282 g/mol. The van der Waals surface area contributed by atoms with Gasteiger partial charge in [0.05, 0.1) is 25.4 Å². The Labute approximate surface area is 116 Å². The molecule has 0 atom stereocenters. The van der Waals surface area contributed by atoms with E-state index >= 15 is 0 Å². The van der Waals surface area contributed by atoms with Crippen molar-refractivity contribution in [2.24, 2.45) is 0 Å². The van der Waals surface area contributed by atoms with Crippen LogP contribution in [0.3, 0.4) is 0 Å². The summed E-state index contributed by atoms with van der Waals surface area (Å²) < 4.78 is 10.5. The van der Waals surface area contributed by atoms with E-state index in [4.69, 9.17) is 21.1 Å². The number of nitrogens with one attached hydrogen (secondary N) is 2. The zero-order valence-electron chi connectivity index (χ0n) is 10.9. The summed E-state index contributed by atoms with van der Waals surface area (Å²) in [6, 6.07) is 3.77. The summed E-state index contributed by atoms with van der Waals surface area (Å²) in [6.45, 7) is 1.37. The van der Waals surface area contributed by atoms with Gasteiger partial charge in [-0.15, -0.1) is 0 Å². The highest BCUT2D eigenvalue weighted by Gasteiger charge is 2.12. The molecule has 2 rings (SSSR count). The molecule has 2 aromatic rings. The van der Waals surface area contributed by atoms with Crippen LogP contribution in [0.2, 0.25) is 5.02 Å². The topological polar surface area (TPSA) is 59.2 Å². The number of hydrogen-bond acceptors (Lipinski definition) is 4. The van der Waals surface area contributed by atoms with Gasteiger partial charge in [0.1, 0.15) is 0 Å². The monoisotopic (exact) mass is 281 g/mol. The van der Waals surface area contributed by atoms with Gasteiger partial charge < -0.3 is 14.8 Å². The van der Waals surface area contributed by atoms with E-state index in [1.807, 2.05) is 18.3 Å². The molecule has 0 bridgehead atoms. The second kappa shape index (κ2) is 6.45. The highest BCUT2D eigenvalue weighted by molar-refractivity contribution is 6.33. The van der Waals surface area contributed by atoms with E-state index in [-0.39, 0.29) is 0 Å². The molecule has 0 unspecified atom stereocenters. The molecule has 1 aromatic carbocycles. The van der Waals surface area contributed by atoms with Crippen molar-refractivity contribution in [3.63, 3.8) is 0 Å². The van der Waals surface area contributed by atoms with E-state index in [2.05, 4.69) is 15.5 Å². The van der Waals surface area contributed by atoms with Crippen molar-refractivity contribution in [3.8, 4) is 11.5 Å². The average Bonchev–Trinajstić information content (AvgIpc) is 2.93. The summed E-state index contributed by atoms with van der Waals surface area (Å²) >= 11 is 6.29. The van der Waals surface area contributed by atoms with Crippen molar-refractivity contribution >= 4 is 11.6 Å². The van der Waals surface area contributed by atoms with Gasteiger partial charge in [-0.1, -0.05) is 17.7 Å². The Morgan fingerprint density at radius 1 is 1.26 bits per heavy atom. The maximum absolute atomic E-state index is 6.29. The lowest BCUT2D eigenvalue weighted by molar-refractivity contribution is 0.354. The molecule has 5 nitrogen and oxygen atoms in total. The number of aromatic nitrogens is 2. The Morgan fingerprint density at radius 3 is 2.74 bits per heavy atom. The molecule has 1 aromatic heterocycles. The smallest absolute Gasteiger partial charge is 0.179 e. The van der Waals surface area contributed by atoms with E-state index in [0.29, 0.717) is 23.1 Å². The third kappa shape index (κ3) is 3.19. The highest BCUT2D eigenvalue weighted by atomic mass is 35.5. The van der Waals surface area contributed by atoms with Crippen LogP contribution in [-0.4, -0.2) is 24.4 Å². The van der Waals surface area contributed by atoms with E-state index in [0.717, 1.165) is 17.7 Å². The number of rotatable bonds is 6. The molecular formula is C13H16ClN3O2. The first-order chi connectivity index (χ1) is 9.26. The lowest BCUT2D eigenvalue weighted by atomic mass is 10.2. The van der Waals surface area contributed by atoms with E-state index in [9.17, 15) is 0 Å². The van der Waals surface area contributed by atoms with Crippen molar-refractivity contribution in [3.05, 3.63) is 40.7 Å². The normalized spacial score (nSPS) is 10.5. The molecule has 0 spiro atoms. The molecule has 102 valence electrons. The van der Waals surface area contributed by atoms with E-state index in [1.54, 1.807) is 20.4 Å². The predicted octanol–water partition coefficient (Wildman–Crippen LogP) is 2.37. The maximum Gasteiger partial charge on any atom is 0.179 e. The Hall–Kier alpha value is -1.72. The maximum atomic E-state index is 6.29. The van der Waals surface area contributed by atoms with Crippen LogP contribution in [0.25, 0.3) is 0 Å². The molecule has 0 aliphatic heterocycles. The second-order valence-corrected chi connectivity index (χ2v) is 4.36. The molecule has 0 saturated carbocycles. The predicted molar refractivity (Wildman–Crippen MR) is 73.7 cm³/mol. The molecule has 0 radical (unpaired) electrons. The van der Waals surface area contributed by atoms with Crippen LogP contribution >= 0.6 is 11.6 Å². The largest absolute Gasteiger partial charge is 0.493 e. The minimum atomic E-state index is 0.562. The summed E-state index contributed by atoms with van der Waals surface area (Å²) in [4.78, 5) is 0. The molecule has 0 aliphatic carbocycles. The lowest BCUT2D eigenvalue weighted by Crippen LogP contribution is -2.12. The molecule has 1 heterocycles. The molecule has 19 heavy (non-hydrogen) atoms. The summed E-state index contributed by atoms with van der Waals surface area (Å²) in [6.07, 6.45) is 3.63. The van der Waals surface area contributed by atoms with E-state index in [1.165, 1.54) is 0 Å². The van der Waals surface area contributed by atoms with Gasteiger partial charge >= 0.3 is 0 Å². The molecule has 0 fully saturated rings. The van der Waals surface area contributed by atoms with Gasteiger partial charge in [-0.3, -0.25) is 5.10 Å². The number of halogens is 1. The quantitative estimate of drug-likeness (QED) is 0.853. The number of methoxy groups -OCH3 is 2. The van der Waals surface area contributed by atoms with Crippen molar-refractivity contribution in [1.82, 2.24) is 15.5 Å². The van der Waals surface area contributed by atoms with Gasteiger partial charge in [0.2, 0.25) is 0 Å². The van der Waals surface area contributed by atoms with Crippen LogP contribution in [0, 0.1) is 0 Å². The van der Waals surface area contributed by atoms with Crippen molar-refractivity contribution in [1.29, 1.82) is 0 Å². The Kier molecular flexibility index (Phi) is 4.65. The van der Waals surface area contributed by atoms with Crippen molar-refractivity contribution in [2.75, 3.05) is 14.2 Å². The second-order valence-electron chi connectivity index (χ2n) is 3.98. The SMILES string of the molecule is COc1ccc(CNCc2cn[nH]c2)c(Cl)c1OC. The zero-order chi connectivity index (χ0) is 13.7. The van der Waals surface area contributed by atoms with Crippen molar-refractivity contribution in [2.45, 2.75) is 13.1 Å². The molecular weight excluding hydrogens is 266 g/mol. The lowest BCUT2D eigenvalue weighted by Gasteiger charge is -2.13. The molecule has 0 aliphatic rings. The molecule has 0 saturated heterocycles. The number of H-pyrrole nitrogens is 1. The number of hydrogen-bond donors (Lipinski definition) is 2. The Bertz CT molecular complexity index is 529. The summed E-state index contributed by atoms with van der Waals surface area (Å²) in [5.41, 5.74) is 2.06. The van der Waals surface area contributed by atoms with Gasteiger partial charge in [0.15, 0.2) is 11.5 Å². The first kappa shape index (κ1) is 13.7. The van der Waals surface area contributed by atoms with Crippen LogP contribution in [0.15, 0.2) is 24.5 Å². The molecule has 6 heteroatoms.